The van der Waals surface area contributed by atoms with Crippen molar-refractivity contribution >= 4 is 38.9 Å². The van der Waals surface area contributed by atoms with Crippen molar-refractivity contribution in [1.82, 2.24) is 0 Å². The number of fused-ring (bicyclic) bond motifs is 1. The van der Waals surface area contributed by atoms with Crippen molar-refractivity contribution in [2.24, 2.45) is 0 Å². The standard InChI is InChI=1S/C21H25ClN2O4S/c1-3-4-5-15-6-9-17(10-7-15)23-21(25)20-12-13-24(29(2,26)27)18-14-16(22)8-11-19(18)28-20/h6-11,14,20H,3-5,12-13H2,1-2H3,(H,23,25). The molecular formula is C21H25ClN2O4S. The zero-order valence-electron chi connectivity index (χ0n) is 16.5. The SMILES string of the molecule is CCCCc1ccc(NC(=O)C2CCN(S(C)(=O)=O)c3cc(Cl)ccc3O2)cc1. The van der Waals surface area contributed by atoms with Crippen molar-refractivity contribution in [2.45, 2.75) is 38.7 Å². The lowest BCUT2D eigenvalue weighted by Crippen LogP contribution is -2.35. The lowest BCUT2D eigenvalue weighted by Gasteiger charge is -2.21. The van der Waals surface area contributed by atoms with E-state index >= 15 is 0 Å². The number of halogens is 1. The van der Waals surface area contributed by atoms with Crippen LogP contribution in [-0.2, 0) is 21.2 Å². The van der Waals surface area contributed by atoms with Gasteiger partial charge in [-0.05, 0) is 48.7 Å². The maximum atomic E-state index is 12.8. The fourth-order valence-corrected chi connectivity index (χ4v) is 4.34. The summed E-state index contributed by atoms with van der Waals surface area (Å²) in [6.07, 6.45) is 3.80. The van der Waals surface area contributed by atoms with Crippen LogP contribution in [0.25, 0.3) is 0 Å². The van der Waals surface area contributed by atoms with Crippen LogP contribution in [0.1, 0.15) is 31.7 Å². The van der Waals surface area contributed by atoms with E-state index in [9.17, 15) is 13.2 Å². The molecule has 2 aromatic rings. The van der Waals surface area contributed by atoms with Crippen LogP contribution in [0.15, 0.2) is 42.5 Å². The number of nitrogens with zero attached hydrogens (tertiary/aromatic N) is 1. The summed E-state index contributed by atoms with van der Waals surface area (Å²) in [5.41, 5.74) is 2.25. The molecule has 0 saturated carbocycles. The highest BCUT2D eigenvalue weighted by molar-refractivity contribution is 7.92. The van der Waals surface area contributed by atoms with Crippen LogP contribution in [0.5, 0.6) is 5.75 Å². The van der Waals surface area contributed by atoms with Gasteiger partial charge in [0.2, 0.25) is 10.0 Å². The van der Waals surface area contributed by atoms with Crippen molar-refractivity contribution in [2.75, 3.05) is 22.4 Å². The van der Waals surface area contributed by atoms with Gasteiger partial charge in [-0.15, -0.1) is 0 Å². The Balaban J connectivity index is 1.76. The molecule has 0 aromatic heterocycles. The average molecular weight is 437 g/mol. The van der Waals surface area contributed by atoms with Crippen LogP contribution in [0.2, 0.25) is 5.02 Å². The molecule has 1 amide bonds. The third-order valence-corrected chi connectivity index (χ3v) is 6.20. The summed E-state index contributed by atoms with van der Waals surface area (Å²) in [6.45, 7) is 2.28. The van der Waals surface area contributed by atoms with E-state index in [1.807, 2.05) is 24.3 Å². The second-order valence-corrected chi connectivity index (χ2v) is 9.48. The van der Waals surface area contributed by atoms with E-state index in [1.165, 1.54) is 15.9 Å². The number of ether oxygens (including phenoxy) is 1. The summed E-state index contributed by atoms with van der Waals surface area (Å²) in [7, 11) is -3.54. The van der Waals surface area contributed by atoms with Gasteiger partial charge in [0.25, 0.3) is 5.91 Å². The molecule has 8 heteroatoms. The molecule has 1 aliphatic heterocycles. The van der Waals surface area contributed by atoms with Gasteiger partial charge in [0.15, 0.2) is 6.10 Å². The molecule has 0 fully saturated rings. The molecule has 0 spiro atoms. The first kappa shape index (κ1) is 21.5. The van der Waals surface area contributed by atoms with E-state index in [1.54, 1.807) is 12.1 Å². The Morgan fingerprint density at radius 1 is 1.24 bits per heavy atom. The minimum atomic E-state index is -3.54. The number of aryl methyl sites for hydroxylation is 1. The zero-order valence-corrected chi connectivity index (χ0v) is 18.1. The van der Waals surface area contributed by atoms with Crippen LogP contribution in [0.4, 0.5) is 11.4 Å². The molecule has 3 rings (SSSR count). The van der Waals surface area contributed by atoms with Crippen LogP contribution in [0, 0.1) is 0 Å². The Hall–Kier alpha value is -2.25. The second-order valence-electron chi connectivity index (χ2n) is 7.13. The van der Waals surface area contributed by atoms with Gasteiger partial charge in [-0.2, -0.15) is 0 Å². The first-order valence-corrected chi connectivity index (χ1v) is 11.8. The lowest BCUT2D eigenvalue weighted by molar-refractivity contribution is -0.122. The van der Waals surface area contributed by atoms with Crippen molar-refractivity contribution < 1.29 is 17.9 Å². The van der Waals surface area contributed by atoms with Gasteiger partial charge in [0.1, 0.15) is 5.75 Å². The van der Waals surface area contributed by atoms with Gasteiger partial charge >= 0.3 is 0 Å². The molecule has 1 heterocycles. The van der Waals surface area contributed by atoms with Crippen LogP contribution < -0.4 is 14.4 Å². The quantitative estimate of drug-likeness (QED) is 0.734. The van der Waals surface area contributed by atoms with Gasteiger partial charge < -0.3 is 10.1 Å². The molecule has 1 unspecified atom stereocenters. The number of sulfonamides is 1. The molecule has 0 bridgehead atoms. The summed E-state index contributed by atoms with van der Waals surface area (Å²) >= 11 is 6.04. The fraction of sp³-hybridized carbons (Fsp3) is 0.381. The Morgan fingerprint density at radius 2 is 1.97 bits per heavy atom. The number of hydrogen-bond acceptors (Lipinski definition) is 4. The Kier molecular flexibility index (Phi) is 6.70. The van der Waals surface area contributed by atoms with E-state index in [0.717, 1.165) is 25.5 Å². The number of hydrogen-bond donors (Lipinski definition) is 1. The summed E-state index contributed by atoms with van der Waals surface area (Å²) in [6, 6.07) is 12.5. The molecule has 2 aromatic carbocycles. The number of unbranched alkanes of at least 4 members (excludes halogenated alkanes) is 1. The Morgan fingerprint density at radius 3 is 2.62 bits per heavy atom. The monoisotopic (exact) mass is 436 g/mol. The van der Waals surface area contributed by atoms with Crippen LogP contribution in [-0.4, -0.2) is 33.2 Å². The molecule has 0 radical (unpaired) electrons. The molecule has 1 N–H and O–H groups in total. The van der Waals surface area contributed by atoms with Crippen molar-refractivity contribution in [3.63, 3.8) is 0 Å². The molecule has 1 atom stereocenters. The largest absolute Gasteiger partial charge is 0.478 e. The number of benzene rings is 2. The number of amides is 1. The van der Waals surface area contributed by atoms with Crippen molar-refractivity contribution in [3.8, 4) is 5.75 Å². The van der Waals surface area contributed by atoms with E-state index in [0.29, 0.717) is 22.1 Å². The minimum Gasteiger partial charge on any atom is -0.478 e. The van der Waals surface area contributed by atoms with Crippen molar-refractivity contribution in [3.05, 3.63) is 53.1 Å². The van der Waals surface area contributed by atoms with Gasteiger partial charge in [-0.3, -0.25) is 9.10 Å². The third kappa shape index (κ3) is 5.42. The number of anilines is 2. The Labute approximate surface area is 176 Å². The minimum absolute atomic E-state index is 0.125. The molecule has 29 heavy (non-hydrogen) atoms. The first-order valence-electron chi connectivity index (χ1n) is 9.61. The fourth-order valence-electron chi connectivity index (χ4n) is 3.24. The average Bonchev–Trinajstić information content (AvgIpc) is 2.86. The van der Waals surface area contributed by atoms with Crippen LogP contribution in [0.3, 0.4) is 0 Å². The molecule has 0 aliphatic carbocycles. The highest BCUT2D eigenvalue weighted by Crippen LogP contribution is 2.36. The van der Waals surface area contributed by atoms with E-state index in [4.69, 9.17) is 16.3 Å². The van der Waals surface area contributed by atoms with E-state index in [2.05, 4.69) is 12.2 Å². The maximum Gasteiger partial charge on any atom is 0.265 e. The van der Waals surface area contributed by atoms with Gasteiger partial charge in [0.05, 0.1) is 11.9 Å². The molecule has 0 saturated heterocycles. The molecule has 1 aliphatic rings. The lowest BCUT2D eigenvalue weighted by atomic mass is 10.1. The highest BCUT2D eigenvalue weighted by atomic mass is 35.5. The smallest absolute Gasteiger partial charge is 0.265 e. The zero-order chi connectivity index (χ0) is 21.0. The van der Waals surface area contributed by atoms with E-state index < -0.39 is 16.1 Å². The molecular weight excluding hydrogens is 412 g/mol. The van der Waals surface area contributed by atoms with Gasteiger partial charge in [0, 0.05) is 23.7 Å². The number of nitrogens with one attached hydrogen (secondary N) is 1. The van der Waals surface area contributed by atoms with Gasteiger partial charge in [-0.1, -0.05) is 37.1 Å². The summed E-state index contributed by atoms with van der Waals surface area (Å²) in [4.78, 5) is 12.8. The maximum absolute atomic E-state index is 12.8. The van der Waals surface area contributed by atoms with Crippen molar-refractivity contribution in [1.29, 1.82) is 0 Å². The topological polar surface area (TPSA) is 75.7 Å². The number of carbonyl (C=O) groups is 1. The Bertz CT molecular complexity index is 977. The first-order chi connectivity index (χ1) is 13.8. The summed E-state index contributed by atoms with van der Waals surface area (Å²) < 4.78 is 31.5. The molecule has 6 nitrogen and oxygen atoms in total. The number of rotatable bonds is 6. The summed E-state index contributed by atoms with van der Waals surface area (Å²) in [5, 5.41) is 3.26. The van der Waals surface area contributed by atoms with Gasteiger partial charge in [-0.25, -0.2) is 8.42 Å². The third-order valence-electron chi connectivity index (χ3n) is 4.79. The summed E-state index contributed by atoms with van der Waals surface area (Å²) in [5.74, 6) is -0.00468. The van der Waals surface area contributed by atoms with Crippen LogP contribution >= 0.6 is 11.6 Å². The predicted molar refractivity (Wildman–Crippen MR) is 116 cm³/mol. The van der Waals surface area contributed by atoms with E-state index in [-0.39, 0.29) is 18.9 Å². The normalized spacial score (nSPS) is 16.5. The predicted octanol–water partition coefficient (Wildman–Crippen LogP) is 4.24. The molecule has 156 valence electrons. The highest BCUT2D eigenvalue weighted by Gasteiger charge is 2.31. The second kappa shape index (κ2) is 9.05. The number of carbonyl (C=O) groups excluding carboxylic acids is 1.